The van der Waals surface area contributed by atoms with Gasteiger partial charge in [-0.05, 0) is 0 Å². The van der Waals surface area contributed by atoms with Crippen molar-refractivity contribution in [3.63, 3.8) is 0 Å². The Morgan fingerprint density at radius 1 is 1.30 bits per heavy atom. The molecule has 1 fully saturated rings. The minimum Gasteiger partial charge on any atom is -0.492 e. The summed E-state index contributed by atoms with van der Waals surface area (Å²) in [4.78, 5) is 33.8. The van der Waals surface area contributed by atoms with E-state index in [4.69, 9.17) is 4.74 Å². The molecule has 0 amide bonds. The largest absolute Gasteiger partial charge is 0.492 e. The standard InChI is InChI=1S/C12H12N4O7/c17-1-11(2-18)12(22,3-19)7(20)10(23-11)16-5-15-6-8(16)13-4-14-9(6)21/h1,3-5,7,10,18,20,22H,2H2,(H,13,14,21)/t7-,10+,11+,12-/m0/s1. The van der Waals surface area contributed by atoms with Gasteiger partial charge in [-0.3, -0.25) is 14.2 Å². The second-order valence-corrected chi connectivity index (χ2v) is 5.08. The fourth-order valence-electron chi connectivity index (χ4n) is 2.57. The molecular formula is C12H12N4O7. The van der Waals surface area contributed by atoms with Crippen LogP contribution in [0.3, 0.4) is 0 Å². The molecule has 0 spiro atoms. The summed E-state index contributed by atoms with van der Waals surface area (Å²) < 4.78 is 6.40. The van der Waals surface area contributed by atoms with Crippen LogP contribution < -0.4 is 0 Å². The molecule has 0 radical (unpaired) electrons. The molecule has 0 aliphatic carbocycles. The summed E-state index contributed by atoms with van der Waals surface area (Å²) in [5, 5.41) is 39.6. The molecule has 3 heterocycles. The highest BCUT2D eigenvalue weighted by Crippen LogP contribution is 2.43. The third kappa shape index (κ3) is 1.81. The van der Waals surface area contributed by atoms with Gasteiger partial charge in [0.25, 0.3) is 0 Å². The zero-order valence-electron chi connectivity index (χ0n) is 11.5. The molecule has 11 heteroatoms. The highest BCUT2D eigenvalue weighted by atomic mass is 16.6. The van der Waals surface area contributed by atoms with Gasteiger partial charge in [0.1, 0.15) is 12.4 Å². The van der Waals surface area contributed by atoms with Crippen LogP contribution in [0.5, 0.6) is 5.88 Å². The van der Waals surface area contributed by atoms with Crippen LogP contribution in [0.25, 0.3) is 11.2 Å². The van der Waals surface area contributed by atoms with E-state index >= 15 is 0 Å². The van der Waals surface area contributed by atoms with Crippen LogP contribution in [0.1, 0.15) is 6.23 Å². The Morgan fingerprint density at radius 3 is 2.61 bits per heavy atom. The third-order valence-electron chi connectivity index (χ3n) is 3.95. The number of hydrogen-bond donors (Lipinski definition) is 4. The molecule has 0 bridgehead atoms. The Bertz CT molecular complexity index is 772. The summed E-state index contributed by atoms with van der Waals surface area (Å²) in [6, 6.07) is 0. The second kappa shape index (κ2) is 5.03. The number of carbonyl (C=O) groups excluding carboxylic acids is 2. The lowest BCUT2D eigenvalue weighted by atomic mass is 9.83. The topological polar surface area (TPSA) is 168 Å². The van der Waals surface area contributed by atoms with Crippen molar-refractivity contribution in [3.8, 4) is 5.88 Å². The lowest BCUT2D eigenvalue weighted by molar-refractivity contribution is -0.173. The Balaban J connectivity index is 2.15. The Hall–Kier alpha value is -2.47. The Morgan fingerprint density at radius 2 is 2.04 bits per heavy atom. The molecule has 2 aromatic heterocycles. The van der Waals surface area contributed by atoms with Gasteiger partial charge in [-0.1, -0.05) is 0 Å². The number of aliphatic hydroxyl groups excluding tert-OH is 2. The summed E-state index contributed by atoms with van der Waals surface area (Å²) in [5.41, 5.74) is -4.98. The van der Waals surface area contributed by atoms with E-state index in [-0.39, 0.29) is 23.7 Å². The average Bonchev–Trinajstić information content (AvgIpc) is 3.08. The van der Waals surface area contributed by atoms with Gasteiger partial charge in [-0.15, -0.1) is 0 Å². The number of nitrogens with zero attached hydrogens (tertiary/aromatic N) is 4. The van der Waals surface area contributed by atoms with E-state index in [9.17, 15) is 30.0 Å². The number of fused-ring (bicyclic) bond motifs is 1. The van der Waals surface area contributed by atoms with E-state index in [1.54, 1.807) is 0 Å². The zero-order chi connectivity index (χ0) is 16.8. The van der Waals surface area contributed by atoms with Gasteiger partial charge in [-0.2, -0.15) is 4.98 Å². The maximum atomic E-state index is 11.3. The predicted octanol–water partition coefficient (Wildman–Crippen LogP) is -2.72. The summed E-state index contributed by atoms with van der Waals surface area (Å²) in [6.07, 6.45) is -1.21. The van der Waals surface area contributed by atoms with E-state index in [0.717, 1.165) is 17.2 Å². The molecule has 122 valence electrons. The highest BCUT2D eigenvalue weighted by molar-refractivity contribution is 5.80. The number of aliphatic hydroxyl groups is 3. The lowest BCUT2D eigenvalue weighted by Crippen LogP contribution is -2.60. The van der Waals surface area contributed by atoms with Crippen LogP contribution in [-0.2, 0) is 14.3 Å². The van der Waals surface area contributed by atoms with Crippen LogP contribution in [0.2, 0.25) is 0 Å². The van der Waals surface area contributed by atoms with Crippen molar-refractivity contribution >= 4 is 23.7 Å². The summed E-state index contributed by atoms with van der Waals surface area (Å²) in [6.45, 7) is -1.04. The van der Waals surface area contributed by atoms with Crippen molar-refractivity contribution in [2.75, 3.05) is 6.61 Å². The number of carbonyl (C=O) groups is 2. The van der Waals surface area contributed by atoms with Crippen molar-refractivity contribution in [2.24, 2.45) is 0 Å². The molecule has 1 saturated heterocycles. The van der Waals surface area contributed by atoms with Gasteiger partial charge < -0.3 is 25.2 Å². The molecular weight excluding hydrogens is 312 g/mol. The molecule has 4 N–H and O–H groups in total. The smallest absolute Gasteiger partial charge is 0.242 e. The van der Waals surface area contributed by atoms with Gasteiger partial charge in [-0.25, -0.2) is 9.97 Å². The van der Waals surface area contributed by atoms with E-state index in [0.29, 0.717) is 0 Å². The summed E-state index contributed by atoms with van der Waals surface area (Å²) in [7, 11) is 0. The van der Waals surface area contributed by atoms with Crippen LogP contribution >= 0.6 is 0 Å². The van der Waals surface area contributed by atoms with Gasteiger partial charge in [0.2, 0.25) is 5.88 Å². The van der Waals surface area contributed by atoms with Crippen LogP contribution in [0.15, 0.2) is 12.7 Å². The number of aldehydes is 2. The number of hydrogen-bond acceptors (Lipinski definition) is 10. The normalized spacial score (nSPS) is 33.9. The van der Waals surface area contributed by atoms with E-state index in [2.05, 4.69) is 15.0 Å². The molecule has 1 aliphatic rings. The quantitative estimate of drug-likeness (QED) is 0.434. The highest BCUT2D eigenvalue weighted by Gasteiger charge is 2.66. The average molecular weight is 324 g/mol. The van der Waals surface area contributed by atoms with Crippen molar-refractivity contribution in [3.05, 3.63) is 12.7 Å². The molecule has 23 heavy (non-hydrogen) atoms. The first-order chi connectivity index (χ1) is 10.9. The first kappa shape index (κ1) is 15.4. The van der Waals surface area contributed by atoms with Gasteiger partial charge >= 0.3 is 0 Å². The number of imidazole rings is 1. The molecule has 4 atom stereocenters. The molecule has 0 aromatic carbocycles. The van der Waals surface area contributed by atoms with Crippen molar-refractivity contribution in [2.45, 2.75) is 23.5 Å². The minimum atomic E-state index is -2.67. The number of ether oxygens (including phenoxy) is 1. The first-order valence-corrected chi connectivity index (χ1v) is 6.42. The van der Waals surface area contributed by atoms with E-state index in [1.165, 1.54) is 0 Å². The first-order valence-electron chi connectivity index (χ1n) is 6.42. The second-order valence-electron chi connectivity index (χ2n) is 5.08. The monoisotopic (exact) mass is 324 g/mol. The third-order valence-corrected chi connectivity index (χ3v) is 3.95. The lowest BCUT2D eigenvalue weighted by Gasteiger charge is -2.30. The fraction of sp³-hybridized carbons (Fsp3) is 0.417. The van der Waals surface area contributed by atoms with Crippen molar-refractivity contribution in [1.29, 1.82) is 0 Å². The van der Waals surface area contributed by atoms with Crippen LogP contribution in [-0.4, -0.2) is 76.4 Å². The van der Waals surface area contributed by atoms with Gasteiger partial charge in [0.15, 0.2) is 41.2 Å². The maximum absolute atomic E-state index is 11.3. The number of aromatic nitrogens is 4. The molecule has 11 nitrogen and oxygen atoms in total. The van der Waals surface area contributed by atoms with E-state index < -0.39 is 36.0 Å². The SMILES string of the molecule is O=C[C@]1(CO)O[C@@H](n2cnc3c(O)ncnc32)[C@H](O)[C@@]1(O)C=O. The predicted molar refractivity (Wildman–Crippen MR) is 70.0 cm³/mol. The molecule has 1 aliphatic heterocycles. The number of aromatic hydroxyl groups is 1. The van der Waals surface area contributed by atoms with Gasteiger partial charge in [0.05, 0.1) is 12.9 Å². The van der Waals surface area contributed by atoms with Crippen molar-refractivity contribution < 1.29 is 34.8 Å². The molecule has 0 saturated carbocycles. The maximum Gasteiger partial charge on any atom is 0.242 e. The summed E-state index contributed by atoms with van der Waals surface area (Å²) in [5.74, 6) is -0.421. The van der Waals surface area contributed by atoms with Gasteiger partial charge in [0, 0.05) is 0 Å². The fourth-order valence-corrected chi connectivity index (χ4v) is 2.57. The van der Waals surface area contributed by atoms with Crippen molar-refractivity contribution in [1.82, 2.24) is 19.5 Å². The molecule has 0 unspecified atom stereocenters. The van der Waals surface area contributed by atoms with Crippen LogP contribution in [0.4, 0.5) is 0 Å². The molecule has 2 aromatic rings. The van der Waals surface area contributed by atoms with Crippen LogP contribution in [0, 0.1) is 0 Å². The minimum absolute atomic E-state index is 0.00876. The Kier molecular flexibility index (Phi) is 3.37. The van der Waals surface area contributed by atoms with E-state index in [1.807, 2.05) is 0 Å². The summed E-state index contributed by atoms with van der Waals surface area (Å²) >= 11 is 0. The molecule has 3 rings (SSSR count). The number of rotatable bonds is 4. The Labute approximate surface area is 127 Å². The zero-order valence-corrected chi connectivity index (χ0v) is 11.5.